The van der Waals surface area contributed by atoms with Crippen molar-refractivity contribution < 1.29 is 9.53 Å². The number of nitrogens with one attached hydrogen (secondary N) is 1. The van der Waals surface area contributed by atoms with Crippen LogP contribution in [0.2, 0.25) is 0 Å². The monoisotopic (exact) mass is 357 g/mol. The molecular weight excluding hydrogens is 334 g/mol. The second-order valence-corrected chi connectivity index (χ2v) is 6.48. The van der Waals surface area contributed by atoms with Crippen molar-refractivity contribution in [3.8, 4) is 5.75 Å². The maximum atomic E-state index is 13.0. The van der Waals surface area contributed by atoms with Crippen molar-refractivity contribution in [2.75, 3.05) is 5.32 Å². The lowest BCUT2D eigenvalue weighted by atomic mass is 10.0. The van der Waals surface area contributed by atoms with E-state index in [2.05, 4.69) is 5.32 Å². The Morgan fingerprint density at radius 3 is 2.04 bits per heavy atom. The maximum Gasteiger partial charge on any atom is 0.256 e. The SMILES string of the molecule is CC(C)Oc1ccc(NC(=O)/C(=C/c2ccccc2)c2ccccc2)cc1. The molecule has 3 aromatic carbocycles. The molecule has 0 atom stereocenters. The maximum absolute atomic E-state index is 13.0. The molecule has 3 nitrogen and oxygen atoms in total. The molecule has 0 radical (unpaired) electrons. The second-order valence-electron chi connectivity index (χ2n) is 6.48. The Morgan fingerprint density at radius 1 is 0.852 bits per heavy atom. The number of benzene rings is 3. The largest absolute Gasteiger partial charge is 0.491 e. The highest BCUT2D eigenvalue weighted by Crippen LogP contribution is 2.22. The Bertz CT molecular complexity index is 898. The van der Waals surface area contributed by atoms with E-state index in [1.54, 1.807) is 0 Å². The molecule has 0 unspecified atom stereocenters. The van der Waals surface area contributed by atoms with E-state index in [1.807, 2.05) is 105 Å². The Morgan fingerprint density at radius 2 is 1.44 bits per heavy atom. The van der Waals surface area contributed by atoms with E-state index in [9.17, 15) is 4.79 Å². The summed E-state index contributed by atoms with van der Waals surface area (Å²) in [5, 5.41) is 2.98. The molecule has 3 rings (SSSR count). The number of hydrogen-bond acceptors (Lipinski definition) is 2. The van der Waals surface area contributed by atoms with E-state index in [0.717, 1.165) is 22.6 Å². The normalized spacial score (nSPS) is 11.3. The fourth-order valence-electron chi connectivity index (χ4n) is 2.70. The van der Waals surface area contributed by atoms with Gasteiger partial charge in [0.2, 0.25) is 0 Å². The Labute approximate surface area is 160 Å². The zero-order valence-electron chi connectivity index (χ0n) is 15.6. The molecule has 1 amide bonds. The van der Waals surface area contributed by atoms with E-state index in [0.29, 0.717) is 5.57 Å². The molecule has 0 bridgehead atoms. The van der Waals surface area contributed by atoms with Gasteiger partial charge in [-0.25, -0.2) is 0 Å². The smallest absolute Gasteiger partial charge is 0.256 e. The zero-order chi connectivity index (χ0) is 19.1. The van der Waals surface area contributed by atoms with Gasteiger partial charge < -0.3 is 10.1 Å². The van der Waals surface area contributed by atoms with Crippen LogP contribution in [-0.2, 0) is 4.79 Å². The first kappa shape index (κ1) is 18.5. The Hall–Kier alpha value is -3.33. The molecule has 0 aliphatic carbocycles. The average Bonchev–Trinajstić information content (AvgIpc) is 2.68. The van der Waals surface area contributed by atoms with Gasteiger partial charge in [0.1, 0.15) is 5.75 Å². The molecule has 27 heavy (non-hydrogen) atoms. The number of rotatable bonds is 6. The predicted molar refractivity (Wildman–Crippen MR) is 112 cm³/mol. The summed E-state index contributed by atoms with van der Waals surface area (Å²) in [4.78, 5) is 13.0. The number of carbonyl (C=O) groups excluding carboxylic acids is 1. The molecule has 0 aliphatic rings. The molecule has 0 heterocycles. The summed E-state index contributed by atoms with van der Waals surface area (Å²) in [5.74, 6) is 0.633. The van der Waals surface area contributed by atoms with Crippen LogP contribution in [0, 0.1) is 0 Å². The summed E-state index contributed by atoms with van der Waals surface area (Å²) in [6.07, 6.45) is 2.02. The molecular formula is C24H23NO2. The molecule has 3 aromatic rings. The lowest BCUT2D eigenvalue weighted by Crippen LogP contribution is -2.13. The van der Waals surface area contributed by atoms with Crippen molar-refractivity contribution in [3.63, 3.8) is 0 Å². The Kier molecular flexibility index (Phi) is 6.06. The molecule has 0 fully saturated rings. The summed E-state index contributed by atoms with van der Waals surface area (Å²) in [5.41, 5.74) is 3.20. The third-order valence-corrected chi connectivity index (χ3v) is 3.92. The van der Waals surface area contributed by atoms with Crippen LogP contribution in [0.25, 0.3) is 11.6 Å². The Balaban J connectivity index is 1.84. The van der Waals surface area contributed by atoms with Crippen molar-refractivity contribution in [2.24, 2.45) is 0 Å². The lowest BCUT2D eigenvalue weighted by Gasteiger charge is -2.12. The van der Waals surface area contributed by atoms with Crippen molar-refractivity contribution in [1.29, 1.82) is 0 Å². The van der Waals surface area contributed by atoms with Crippen LogP contribution in [0.15, 0.2) is 84.9 Å². The van der Waals surface area contributed by atoms with Crippen LogP contribution in [0.1, 0.15) is 25.0 Å². The molecule has 136 valence electrons. The first-order valence-electron chi connectivity index (χ1n) is 9.02. The van der Waals surface area contributed by atoms with Gasteiger partial charge in [-0.2, -0.15) is 0 Å². The van der Waals surface area contributed by atoms with Crippen molar-refractivity contribution in [2.45, 2.75) is 20.0 Å². The van der Waals surface area contributed by atoms with Crippen LogP contribution in [-0.4, -0.2) is 12.0 Å². The van der Waals surface area contributed by atoms with Gasteiger partial charge in [0.25, 0.3) is 5.91 Å². The second kappa shape index (κ2) is 8.86. The third kappa shape index (κ3) is 5.32. The van der Waals surface area contributed by atoms with Gasteiger partial charge in [-0.15, -0.1) is 0 Å². The quantitative estimate of drug-likeness (QED) is 0.457. The highest BCUT2D eigenvalue weighted by molar-refractivity contribution is 6.29. The van der Waals surface area contributed by atoms with Gasteiger partial charge in [-0.3, -0.25) is 4.79 Å². The molecule has 0 saturated heterocycles. The summed E-state index contributed by atoms with van der Waals surface area (Å²) in [6, 6.07) is 26.9. The summed E-state index contributed by atoms with van der Waals surface area (Å²) < 4.78 is 5.65. The fraction of sp³-hybridized carbons (Fsp3) is 0.125. The highest BCUT2D eigenvalue weighted by atomic mass is 16.5. The van der Waals surface area contributed by atoms with Crippen LogP contribution >= 0.6 is 0 Å². The zero-order valence-corrected chi connectivity index (χ0v) is 15.6. The molecule has 0 saturated carbocycles. The average molecular weight is 357 g/mol. The van der Waals surface area contributed by atoms with E-state index in [1.165, 1.54) is 0 Å². The minimum absolute atomic E-state index is 0.115. The summed E-state index contributed by atoms with van der Waals surface area (Å²) >= 11 is 0. The first-order chi connectivity index (χ1) is 13.1. The van der Waals surface area contributed by atoms with Gasteiger partial charge in [-0.05, 0) is 55.3 Å². The molecule has 1 N–H and O–H groups in total. The standard InChI is InChI=1S/C24H23NO2/c1-18(2)27-22-15-13-21(14-16-22)25-24(26)23(20-11-7-4-8-12-20)17-19-9-5-3-6-10-19/h3-18H,1-2H3,(H,25,26)/b23-17+. The lowest BCUT2D eigenvalue weighted by molar-refractivity contribution is -0.111. The van der Waals surface area contributed by atoms with Crippen LogP contribution < -0.4 is 10.1 Å². The third-order valence-electron chi connectivity index (χ3n) is 3.92. The van der Waals surface area contributed by atoms with Gasteiger partial charge in [0.05, 0.1) is 6.10 Å². The van der Waals surface area contributed by atoms with E-state index in [-0.39, 0.29) is 12.0 Å². The summed E-state index contributed by atoms with van der Waals surface area (Å²) in [7, 11) is 0. The van der Waals surface area contributed by atoms with E-state index >= 15 is 0 Å². The number of carbonyl (C=O) groups is 1. The van der Waals surface area contributed by atoms with Gasteiger partial charge >= 0.3 is 0 Å². The minimum Gasteiger partial charge on any atom is -0.491 e. The summed E-state index contributed by atoms with van der Waals surface area (Å²) in [6.45, 7) is 3.96. The predicted octanol–water partition coefficient (Wildman–Crippen LogP) is 5.65. The van der Waals surface area contributed by atoms with Crippen molar-refractivity contribution in [3.05, 3.63) is 96.1 Å². The van der Waals surface area contributed by atoms with Crippen LogP contribution in [0.4, 0.5) is 5.69 Å². The van der Waals surface area contributed by atoms with Crippen LogP contribution in [0.3, 0.4) is 0 Å². The number of amides is 1. The molecule has 0 aromatic heterocycles. The van der Waals surface area contributed by atoms with Gasteiger partial charge in [0, 0.05) is 11.3 Å². The van der Waals surface area contributed by atoms with E-state index < -0.39 is 0 Å². The van der Waals surface area contributed by atoms with Crippen molar-refractivity contribution >= 4 is 23.2 Å². The highest BCUT2D eigenvalue weighted by Gasteiger charge is 2.12. The van der Waals surface area contributed by atoms with Gasteiger partial charge in [-0.1, -0.05) is 60.7 Å². The molecule has 3 heteroatoms. The van der Waals surface area contributed by atoms with E-state index in [4.69, 9.17) is 4.74 Å². The van der Waals surface area contributed by atoms with Crippen LogP contribution in [0.5, 0.6) is 5.75 Å². The molecule has 0 spiro atoms. The number of anilines is 1. The van der Waals surface area contributed by atoms with Crippen molar-refractivity contribution in [1.82, 2.24) is 0 Å². The number of ether oxygens (including phenoxy) is 1. The minimum atomic E-state index is -0.150. The topological polar surface area (TPSA) is 38.3 Å². The molecule has 0 aliphatic heterocycles. The fourth-order valence-corrected chi connectivity index (χ4v) is 2.70. The first-order valence-corrected chi connectivity index (χ1v) is 9.02. The van der Waals surface area contributed by atoms with Gasteiger partial charge in [0.15, 0.2) is 0 Å². The number of hydrogen-bond donors (Lipinski definition) is 1.